The first-order valence-corrected chi connectivity index (χ1v) is 8.71. The van der Waals surface area contributed by atoms with Crippen molar-refractivity contribution in [2.45, 2.75) is 13.1 Å². The Morgan fingerprint density at radius 2 is 2.04 bits per heavy atom. The van der Waals surface area contributed by atoms with Crippen molar-refractivity contribution >= 4 is 27.7 Å². The molecule has 26 heavy (non-hydrogen) atoms. The Bertz CT molecular complexity index is 911. The number of carbonyl (C=O) groups excluding carboxylic acids is 1. The first-order chi connectivity index (χ1) is 12.6. The maximum absolute atomic E-state index is 12.3. The number of anilines is 1. The van der Waals surface area contributed by atoms with Gasteiger partial charge in [0.25, 0.3) is 5.91 Å². The predicted molar refractivity (Wildman–Crippen MR) is 102 cm³/mol. The van der Waals surface area contributed by atoms with Crippen LogP contribution in [-0.2, 0) is 13.1 Å². The van der Waals surface area contributed by atoms with Crippen LogP contribution in [0.25, 0.3) is 0 Å². The minimum absolute atomic E-state index is 0.106. The second-order valence-corrected chi connectivity index (χ2v) is 6.52. The number of nitrogens with one attached hydrogen (secondary N) is 1. The van der Waals surface area contributed by atoms with E-state index in [1.807, 2.05) is 48.5 Å². The van der Waals surface area contributed by atoms with Crippen LogP contribution in [0.1, 0.15) is 21.6 Å². The van der Waals surface area contributed by atoms with Crippen LogP contribution in [0.15, 0.2) is 53.0 Å². The number of benzene rings is 2. The van der Waals surface area contributed by atoms with Gasteiger partial charge in [-0.25, -0.2) is 4.68 Å². The van der Waals surface area contributed by atoms with Crippen molar-refractivity contribution in [2.24, 2.45) is 0 Å². The molecule has 0 atom stereocenters. The molecule has 0 saturated heterocycles. The lowest BCUT2D eigenvalue weighted by molar-refractivity contribution is 0.0946. The largest absolute Gasteiger partial charge is 0.496 e. The number of methoxy groups -OCH3 is 1. The molecule has 0 saturated carbocycles. The van der Waals surface area contributed by atoms with Crippen LogP contribution in [-0.4, -0.2) is 28.0 Å². The number of nitrogens with two attached hydrogens (primary N) is 1. The highest BCUT2D eigenvalue weighted by Gasteiger charge is 2.18. The molecule has 1 amide bonds. The number of rotatable bonds is 6. The van der Waals surface area contributed by atoms with E-state index in [1.165, 1.54) is 4.68 Å². The zero-order valence-corrected chi connectivity index (χ0v) is 15.7. The molecule has 7 nitrogen and oxygen atoms in total. The molecule has 1 heterocycles. The summed E-state index contributed by atoms with van der Waals surface area (Å²) < 4.78 is 7.74. The van der Waals surface area contributed by atoms with Gasteiger partial charge in [0.2, 0.25) is 0 Å². The fraction of sp³-hybridized carbons (Fsp3) is 0.167. The van der Waals surface area contributed by atoms with Crippen LogP contribution < -0.4 is 15.8 Å². The molecule has 3 aromatic rings. The number of amides is 1. The fourth-order valence-corrected chi connectivity index (χ4v) is 2.90. The molecule has 0 aliphatic rings. The summed E-state index contributed by atoms with van der Waals surface area (Å²) in [5.74, 6) is 0.551. The summed E-state index contributed by atoms with van der Waals surface area (Å²) >= 11 is 3.43. The lowest BCUT2D eigenvalue weighted by atomic mass is 10.2. The number of aromatic nitrogens is 3. The highest BCUT2D eigenvalue weighted by molar-refractivity contribution is 9.10. The topological polar surface area (TPSA) is 95.1 Å². The first kappa shape index (κ1) is 17.9. The molecule has 3 rings (SSSR count). The Labute approximate surface area is 159 Å². The van der Waals surface area contributed by atoms with Crippen LogP contribution in [0, 0.1) is 0 Å². The van der Waals surface area contributed by atoms with E-state index in [0.29, 0.717) is 18.8 Å². The van der Waals surface area contributed by atoms with Gasteiger partial charge in [-0.1, -0.05) is 51.5 Å². The second kappa shape index (κ2) is 8.01. The van der Waals surface area contributed by atoms with E-state index in [9.17, 15) is 4.79 Å². The number of ether oxygens (including phenoxy) is 1. The molecule has 0 aliphatic heterocycles. The summed E-state index contributed by atoms with van der Waals surface area (Å²) in [6.45, 7) is 0.735. The zero-order chi connectivity index (χ0) is 18.5. The Kier molecular flexibility index (Phi) is 5.52. The third-order valence-electron chi connectivity index (χ3n) is 3.85. The van der Waals surface area contributed by atoms with Crippen LogP contribution in [0.4, 0.5) is 5.82 Å². The summed E-state index contributed by atoms with van der Waals surface area (Å²) in [5.41, 5.74) is 8.04. The van der Waals surface area contributed by atoms with Crippen molar-refractivity contribution in [3.63, 3.8) is 0 Å². The number of nitrogens with zero attached hydrogens (tertiary/aromatic N) is 3. The molecular weight excluding hydrogens is 398 g/mol. The minimum atomic E-state index is -0.362. The van der Waals surface area contributed by atoms with Crippen molar-refractivity contribution in [3.8, 4) is 5.75 Å². The normalized spacial score (nSPS) is 10.5. The maximum atomic E-state index is 12.3. The van der Waals surface area contributed by atoms with E-state index in [0.717, 1.165) is 15.6 Å². The smallest absolute Gasteiger partial charge is 0.275 e. The predicted octanol–water partition coefficient (Wildman–Crippen LogP) is 2.61. The minimum Gasteiger partial charge on any atom is -0.496 e. The van der Waals surface area contributed by atoms with Crippen LogP contribution in [0.2, 0.25) is 0 Å². The van der Waals surface area contributed by atoms with Gasteiger partial charge in [0, 0.05) is 16.6 Å². The van der Waals surface area contributed by atoms with Gasteiger partial charge in [-0.15, -0.1) is 5.10 Å². The average Bonchev–Trinajstić information content (AvgIpc) is 3.01. The number of carbonyl (C=O) groups is 1. The molecule has 8 heteroatoms. The standard InChI is InChI=1S/C18H18BrN5O2/c1-26-15-8-7-14(19)9-13(15)11-24-17(20)16(22-23-24)18(25)21-10-12-5-3-2-4-6-12/h2-9H,10-11,20H2,1H3,(H,21,25). The number of hydrogen-bond acceptors (Lipinski definition) is 5. The van der Waals surface area contributed by atoms with Gasteiger partial charge in [-0.3, -0.25) is 4.79 Å². The Hall–Kier alpha value is -2.87. The van der Waals surface area contributed by atoms with Crippen LogP contribution >= 0.6 is 15.9 Å². The molecule has 0 fully saturated rings. The van der Waals surface area contributed by atoms with E-state index in [2.05, 4.69) is 31.6 Å². The molecule has 0 aliphatic carbocycles. The van der Waals surface area contributed by atoms with Crippen molar-refractivity contribution in [1.29, 1.82) is 0 Å². The quantitative estimate of drug-likeness (QED) is 0.644. The second-order valence-electron chi connectivity index (χ2n) is 5.61. The summed E-state index contributed by atoms with van der Waals surface area (Å²) in [6.07, 6.45) is 0. The molecule has 0 bridgehead atoms. The zero-order valence-electron chi connectivity index (χ0n) is 14.1. The third kappa shape index (κ3) is 4.02. The van der Waals surface area contributed by atoms with Crippen molar-refractivity contribution in [3.05, 3.63) is 69.8 Å². The summed E-state index contributed by atoms with van der Waals surface area (Å²) in [4.78, 5) is 12.3. The Morgan fingerprint density at radius 3 is 2.77 bits per heavy atom. The monoisotopic (exact) mass is 415 g/mol. The SMILES string of the molecule is COc1ccc(Br)cc1Cn1nnc(C(=O)NCc2ccccc2)c1N. The molecule has 3 N–H and O–H groups in total. The highest BCUT2D eigenvalue weighted by Crippen LogP contribution is 2.24. The van der Waals surface area contributed by atoms with Gasteiger partial charge >= 0.3 is 0 Å². The number of nitrogen functional groups attached to an aromatic ring is 1. The molecule has 134 valence electrons. The average molecular weight is 416 g/mol. The Balaban J connectivity index is 1.73. The van der Waals surface area contributed by atoms with Gasteiger partial charge in [0.1, 0.15) is 5.75 Å². The van der Waals surface area contributed by atoms with E-state index in [4.69, 9.17) is 10.5 Å². The fourth-order valence-electron chi connectivity index (χ4n) is 2.49. The molecular formula is C18H18BrN5O2. The molecule has 2 aromatic carbocycles. The number of hydrogen-bond donors (Lipinski definition) is 2. The molecule has 1 aromatic heterocycles. The van der Waals surface area contributed by atoms with E-state index < -0.39 is 0 Å². The lowest BCUT2D eigenvalue weighted by Gasteiger charge is -2.10. The van der Waals surface area contributed by atoms with Crippen molar-refractivity contribution < 1.29 is 9.53 Å². The summed E-state index contributed by atoms with van der Waals surface area (Å²) in [7, 11) is 1.60. The first-order valence-electron chi connectivity index (χ1n) is 7.92. The molecule has 0 spiro atoms. The van der Waals surface area contributed by atoms with Gasteiger partial charge < -0.3 is 15.8 Å². The summed E-state index contributed by atoms with van der Waals surface area (Å²) in [6, 6.07) is 15.3. The maximum Gasteiger partial charge on any atom is 0.275 e. The van der Waals surface area contributed by atoms with Crippen molar-refractivity contribution in [1.82, 2.24) is 20.3 Å². The third-order valence-corrected chi connectivity index (χ3v) is 4.34. The van der Waals surface area contributed by atoms with Gasteiger partial charge in [-0.2, -0.15) is 0 Å². The lowest BCUT2D eigenvalue weighted by Crippen LogP contribution is -2.24. The molecule has 0 unspecified atom stereocenters. The summed E-state index contributed by atoms with van der Waals surface area (Å²) in [5, 5.41) is 10.7. The number of halogens is 1. The van der Waals surface area contributed by atoms with Gasteiger partial charge in [0.15, 0.2) is 11.5 Å². The van der Waals surface area contributed by atoms with Crippen LogP contribution in [0.5, 0.6) is 5.75 Å². The van der Waals surface area contributed by atoms with Gasteiger partial charge in [0.05, 0.1) is 13.7 Å². The molecule has 0 radical (unpaired) electrons. The van der Waals surface area contributed by atoms with E-state index in [1.54, 1.807) is 7.11 Å². The Morgan fingerprint density at radius 1 is 1.27 bits per heavy atom. The van der Waals surface area contributed by atoms with E-state index >= 15 is 0 Å². The van der Waals surface area contributed by atoms with Crippen LogP contribution in [0.3, 0.4) is 0 Å². The van der Waals surface area contributed by atoms with Gasteiger partial charge in [-0.05, 0) is 23.8 Å². The highest BCUT2D eigenvalue weighted by atomic mass is 79.9. The van der Waals surface area contributed by atoms with E-state index in [-0.39, 0.29) is 17.4 Å². The van der Waals surface area contributed by atoms with Crippen molar-refractivity contribution in [2.75, 3.05) is 12.8 Å².